The number of rotatable bonds is 3. The van der Waals surface area contributed by atoms with Gasteiger partial charge in [0.25, 0.3) is 0 Å². The quantitative estimate of drug-likeness (QED) is 0.823. The molecule has 1 saturated carbocycles. The van der Waals surface area contributed by atoms with Crippen LogP contribution in [0.2, 0.25) is 0 Å². The fourth-order valence-electron chi connectivity index (χ4n) is 4.59. The van der Waals surface area contributed by atoms with Crippen LogP contribution in [-0.4, -0.2) is 65.3 Å². The largest absolute Gasteiger partial charge is 0.474 e. The molecule has 3 aliphatic rings. The molecule has 1 aliphatic carbocycles. The Morgan fingerprint density at radius 2 is 1.92 bits per heavy atom. The fourth-order valence-corrected chi connectivity index (χ4v) is 5.81. The molecule has 2 aromatic heterocycles. The van der Waals surface area contributed by atoms with Crippen molar-refractivity contribution in [2.75, 3.05) is 33.4 Å². The number of hydrogen-bond donors (Lipinski definition) is 0. The molecule has 0 bridgehead atoms. The van der Waals surface area contributed by atoms with Gasteiger partial charge in [-0.05, 0) is 38.3 Å². The first-order chi connectivity index (χ1) is 12.8. The summed E-state index contributed by atoms with van der Waals surface area (Å²) in [4.78, 5) is 16.4. The van der Waals surface area contributed by atoms with E-state index in [2.05, 4.69) is 26.8 Å². The lowest BCUT2D eigenvalue weighted by Gasteiger charge is -2.38. The van der Waals surface area contributed by atoms with Gasteiger partial charge in [-0.15, -0.1) is 11.3 Å². The number of aromatic nitrogens is 2. The summed E-state index contributed by atoms with van der Waals surface area (Å²) in [7, 11) is 2.16. The lowest BCUT2D eigenvalue weighted by Crippen LogP contribution is -2.46. The lowest BCUT2D eigenvalue weighted by atomic mass is 9.91. The normalized spacial score (nSPS) is 27.7. The SMILES string of the molecule is CN1Cc2sc3ncnc(OC4CCC(N5CCOCC5)CC4)c3c2C1. The zero-order chi connectivity index (χ0) is 17.5. The molecule has 2 aliphatic heterocycles. The van der Waals surface area contributed by atoms with Gasteiger partial charge in [0, 0.05) is 37.1 Å². The predicted molar refractivity (Wildman–Crippen MR) is 102 cm³/mol. The Kier molecular flexibility index (Phi) is 4.56. The first-order valence-electron chi connectivity index (χ1n) is 9.70. The maximum atomic E-state index is 6.42. The Labute approximate surface area is 158 Å². The van der Waals surface area contributed by atoms with Crippen LogP contribution < -0.4 is 4.74 Å². The molecule has 140 valence electrons. The molecule has 0 aromatic carbocycles. The van der Waals surface area contributed by atoms with Gasteiger partial charge in [-0.1, -0.05) is 0 Å². The Bertz CT molecular complexity index is 781. The van der Waals surface area contributed by atoms with Crippen molar-refractivity contribution in [2.45, 2.75) is 50.9 Å². The van der Waals surface area contributed by atoms with Crippen molar-refractivity contribution < 1.29 is 9.47 Å². The zero-order valence-corrected chi connectivity index (χ0v) is 16.1. The van der Waals surface area contributed by atoms with E-state index in [9.17, 15) is 0 Å². The van der Waals surface area contributed by atoms with E-state index in [1.807, 2.05) is 0 Å². The summed E-state index contributed by atoms with van der Waals surface area (Å²) in [5.41, 5.74) is 1.38. The average Bonchev–Trinajstić information content (AvgIpc) is 3.19. The van der Waals surface area contributed by atoms with Gasteiger partial charge in [-0.3, -0.25) is 9.80 Å². The van der Waals surface area contributed by atoms with Gasteiger partial charge in [0.1, 0.15) is 17.3 Å². The summed E-state index contributed by atoms with van der Waals surface area (Å²) in [5, 5.41) is 1.16. The van der Waals surface area contributed by atoms with Crippen molar-refractivity contribution in [3.8, 4) is 5.88 Å². The first-order valence-corrected chi connectivity index (χ1v) is 10.5. The third kappa shape index (κ3) is 3.11. The average molecular weight is 375 g/mol. The molecule has 1 saturated heterocycles. The predicted octanol–water partition coefficient (Wildman–Crippen LogP) is 2.66. The molecular weight excluding hydrogens is 348 g/mol. The second-order valence-corrected chi connectivity index (χ2v) is 8.82. The van der Waals surface area contributed by atoms with Crippen LogP contribution >= 0.6 is 11.3 Å². The third-order valence-corrected chi connectivity index (χ3v) is 7.09. The molecule has 0 spiro atoms. The van der Waals surface area contributed by atoms with Crippen molar-refractivity contribution in [1.29, 1.82) is 0 Å². The summed E-state index contributed by atoms with van der Waals surface area (Å²) in [6, 6.07) is 0.697. The van der Waals surface area contributed by atoms with E-state index in [4.69, 9.17) is 9.47 Å². The van der Waals surface area contributed by atoms with E-state index in [0.29, 0.717) is 6.04 Å². The molecule has 4 heterocycles. The van der Waals surface area contributed by atoms with Crippen LogP contribution in [0.25, 0.3) is 10.2 Å². The summed E-state index contributed by atoms with van der Waals surface area (Å²) < 4.78 is 11.9. The molecule has 0 amide bonds. The summed E-state index contributed by atoms with van der Waals surface area (Å²) >= 11 is 1.79. The van der Waals surface area contributed by atoms with Gasteiger partial charge in [0.05, 0.1) is 18.6 Å². The van der Waals surface area contributed by atoms with Gasteiger partial charge in [0.15, 0.2) is 0 Å². The highest BCUT2D eigenvalue weighted by Gasteiger charge is 2.30. The second-order valence-electron chi connectivity index (χ2n) is 7.73. The van der Waals surface area contributed by atoms with Crippen molar-refractivity contribution in [3.63, 3.8) is 0 Å². The molecule has 0 N–H and O–H groups in total. The monoisotopic (exact) mass is 374 g/mol. The fraction of sp³-hybridized carbons (Fsp3) is 0.684. The highest BCUT2D eigenvalue weighted by Crippen LogP contribution is 2.40. The summed E-state index contributed by atoms with van der Waals surface area (Å²) in [6.45, 7) is 5.91. The number of fused-ring (bicyclic) bond motifs is 3. The molecule has 5 rings (SSSR count). The van der Waals surface area contributed by atoms with E-state index in [-0.39, 0.29) is 6.10 Å². The van der Waals surface area contributed by atoms with Crippen molar-refractivity contribution in [2.24, 2.45) is 0 Å². The van der Waals surface area contributed by atoms with Crippen molar-refractivity contribution in [1.82, 2.24) is 19.8 Å². The summed E-state index contributed by atoms with van der Waals surface area (Å²) in [6.07, 6.45) is 6.58. The van der Waals surface area contributed by atoms with Crippen LogP contribution in [0, 0.1) is 0 Å². The van der Waals surface area contributed by atoms with Crippen LogP contribution in [0.15, 0.2) is 6.33 Å². The molecule has 0 unspecified atom stereocenters. The number of ether oxygens (including phenoxy) is 2. The van der Waals surface area contributed by atoms with Crippen LogP contribution in [0.1, 0.15) is 36.1 Å². The van der Waals surface area contributed by atoms with E-state index < -0.39 is 0 Å². The van der Waals surface area contributed by atoms with Crippen molar-refractivity contribution >= 4 is 21.6 Å². The van der Waals surface area contributed by atoms with Crippen LogP contribution in [0.5, 0.6) is 5.88 Å². The molecule has 6 nitrogen and oxygen atoms in total. The van der Waals surface area contributed by atoms with E-state index >= 15 is 0 Å². The van der Waals surface area contributed by atoms with Gasteiger partial charge in [-0.25, -0.2) is 9.97 Å². The molecule has 2 aromatic rings. The number of nitrogens with zero attached hydrogens (tertiary/aromatic N) is 4. The smallest absolute Gasteiger partial charge is 0.225 e. The number of thiophene rings is 1. The van der Waals surface area contributed by atoms with E-state index in [1.54, 1.807) is 17.7 Å². The third-order valence-electron chi connectivity index (χ3n) is 5.96. The van der Waals surface area contributed by atoms with E-state index in [0.717, 1.165) is 68.3 Å². The maximum absolute atomic E-state index is 6.42. The molecular formula is C19H26N4O2S. The van der Waals surface area contributed by atoms with Gasteiger partial charge >= 0.3 is 0 Å². The number of hydrogen-bond acceptors (Lipinski definition) is 7. The molecule has 2 fully saturated rings. The number of morpholine rings is 1. The Morgan fingerprint density at radius 1 is 1.12 bits per heavy atom. The first kappa shape index (κ1) is 16.9. The van der Waals surface area contributed by atoms with E-state index in [1.165, 1.54) is 23.3 Å². The second kappa shape index (κ2) is 7.03. The minimum Gasteiger partial charge on any atom is -0.474 e. The Hall–Kier alpha value is -1.28. The summed E-state index contributed by atoms with van der Waals surface area (Å²) in [5.74, 6) is 0.803. The van der Waals surface area contributed by atoms with Crippen LogP contribution in [0.3, 0.4) is 0 Å². The zero-order valence-electron chi connectivity index (χ0n) is 15.3. The van der Waals surface area contributed by atoms with Gasteiger partial charge in [0.2, 0.25) is 5.88 Å². The minimum absolute atomic E-state index is 0.278. The Balaban J connectivity index is 1.29. The Morgan fingerprint density at radius 3 is 2.73 bits per heavy atom. The van der Waals surface area contributed by atoms with Crippen molar-refractivity contribution in [3.05, 3.63) is 16.8 Å². The molecule has 7 heteroatoms. The maximum Gasteiger partial charge on any atom is 0.225 e. The van der Waals surface area contributed by atoms with Crippen LogP contribution in [-0.2, 0) is 17.8 Å². The van der Waals surface area contributed by atoms with Crippen LogP contribution in [0.4, 0.5) is 0 Å². The molecule has 0 radical (unpaired) electrons. The van der Waals surface area contributed by atoms with Gasteiger partial charge < -0.3 is 9.47 Å². The highest BCUT2D eigenvalue weighted by molar-refractivity contribution is 7.18. The topological polar surface area (TPSA) is 50.7 Å². The highest BCUT2D eigenvalue weighted by atomic mass is 32.1. The molecule has 0 atom stereocenters. The molecule has 26 heavy (non-hydrogen) atoms. The van der Waals surface area contributed by atoms with Gasteiger partial charge in [-0.2, -0.15) is 0 Å². The lowest BCUT2D eigenvalue weighted by molar-refractivity contribution is -0.00126. The minimum atomic E-state index is 0.278. The standard InChI is InChI=1S/C19H26N4O2S/c1-22-10-15-16(11-22)26-19-17(15)18(20-12-21-19)25-14-4-2-13(3-5-14)23-6-8-24-9-7-23/h12-14H,2-11H2,1H3.